The third-order valence-corrected chi connectivity index (χ3v) is 2.78. The fourth-order valence-electron chi connectivity index (χ4n) is 1.79. The first-order valence-electron chi connectivity index (χ1n) is 5.95. The Labute approximate surface area is 112 Å². The minimum absolute atomic E-state index is 0.158. The van der Waals surface area contributed by atoms with Crippen molar-refractivity contribution in [1.29, 1.82) is 0 Å². The smallest absolute Gasteiger partial charge is 0.257 e. The Bertz CT molecular complexity index is 598. The van der Waals surface area contributed by atoms with Crippen molar-refractivity contribution >= 4 is 11.6 Å². The summed E-state index contributed by atoms with van der Waals surface area (Å²) >= 11 is 0. The lowest BCUT2D eigenvalue weighted by Crippen LogP contribution is -2.27. The fraction of sp³-hybridized carbons (Fsp3) is 0.214. The Morgan fingerprint density at radius 1 is 1.37 bits per heavy atom. The number of nitrogen functional groups attached to an aromatic ring is 1. The first-order valence-corrected chi connectivity index (χ1v) is 5.95. The van der Waals surface area contributed by atoms with Gasteiger partial charge in [-0.3, -0.25) is 14.8 Å². The molecule has 98 valence electrons. The number of amides is 1. The van der Waals surface area contributed by atoms with E-state index < -0.39 is 0 Å². The molecule has 0 saturated carbocycles. The van der Waals surface area contributed by atoms with Crippen LogP contribution >= 0.6 is 0 Å². The van der Waals surface area contributed by atoms with Crippen molar-refractivity contribution in [2.75, 3.05) is 12.8 Å². The Balaban J connectivity index is 2.14. The summed E-state index contributed by atoms with van der Waals surface area (Å²) in [4.78, 5) is 22.1. The van der Waals surface area contributed by atoms with Gasteiger partial charge < -0.3 is 10.6 Å². The second-order valence-corrected chi connectivity index (χ2v) is 4.39. The number of aromatic nitrogens is 2. The molecule has 0 atom stereocenters. The molecule has 2 aromatic heterocycles. The summed E-state index contributed by atoms with van der Waals surface area (Å²) in [6.07, 6.45) is 3.05. The van der Waals surface area contributed by atoms with E-state index in [0.29, 0.717) is 17.8 Å². The first-order chi connectivity index (χ1) is 9.08. The van der Waals surface area contributed by atoms with Gasteiger partial charge in [0.15, 0.2) is 0 Å². The Morgan fingerprint density at radius 3 is 2.84 bits per heavy atom. The van der Waals surface area contributed by atoms with Crippen LogP contribution in [0.3, 0.4) is 0 Å². The average Bonchev–Trinajstić information content (AvgIpc) is 2.38. The van der Waals surface area contributed by atoms with Crippen LogP contribution in [-0.4, -0.2) is 27.8 Å². The number of nitrogens with zero attached hydrogens (tertiary/aromatic N) is 3. The summed E-state index contributed by atoms with van der Waals surface area (Å²) in [7, 11) is 1.72. The van der Waals surface area contributed by atoms with E-state index in [1.807, 2.05) is 25.1 Å². The number of carbonyl (C=O) groups is 1. The van der Waals surface area contributed by atoms with E-state index in [2.05, 4.69) is 9.97 Å². The first kappa shape index (κ1) is 13.0. The lowest BCUT2D eigenvalue weighted by molar-refractivity contribution is 0.0784. The number of carbonyl (C=O) groups excluding carboxylic acids is 1. The van der Waals surface area contributed by atoms with Crippen LogP contribution in [0.5, 0.6) is 0 Å². The highest BCUT2D eigenvalue weighted by Gasteiger charge is 2.15. The van der Waals surface area contributed by atoms with Gasteiger partial charge in [-0.05, 0) is 25.1 Å². The molecular weight excluding hydrogens is 240 g/mol. The quantitative estimate of drug-likeness (QED) is 0.906. The van der Waals surface area contributed by atoms with E-state index in [4.69, 9.17) is 5.73 Å². The van der Waals surface area contributed by atoms with Crippen molar-refractivity contribution in [3.05, 3.63) is 53.6 Å². The minimum Gasteiger partial charge on any atom is -0.398 e. The molecule has 0 aliphatic heterocycles. The van der Waals surface area contributed by atoms with Gasteiger partial charge in [0.05, 0.1) is 17.8 Å². The number of pyridine rings is 2. The van der Waals surface area contributed by atoms with Gasteiger partial charge in [-0.2, -0.15) is 0 Å². The molecule has 0 aliphatic rings. The molecule has 2 heterocycles. The van der Waals surface area contributed by atoms with E-state index in [9.17, 15) is 4.79 Å². The molecule has 0 spiro atoms. The molecule has 0 fully saturated rings. The van der Waals surface area contributed by atoms with Crippen molar-refractivity contribution in [1.82, 2.24) is 14.9 Å². The summed E-state index contributed by atoms with van der Waals surface area (Å²) < 4.78 is 0. The van der Waals surface area contributed by atoms with E-state index in [-0.39, 0.29) is 5.91 Å². The number of hydrogen-bond donors (Lipinski definition) is 1. The van der Waals surface area contributed by atoms with E-state index in [1.165, 1.54) is 6.20 Å². The van der Waals surface area contributed by atoms with Crippen LogP contribution < -0.4 is 5.73 Å². The van der Waals surface area contributed by atoms with Gasteiger partial charge in [0.2, 0.25) is 0 Å². The van der Waals surface area contributed by atoms with Gasteiger partial charge >= 0.3 is 0 Å². The third kappa shape index (κ3) is 3.07. The Morgan fingerprint density at radius 2 is 2.16 bits per heavy atom. The van der Waals surface area contributed by atoms with Crippen LogP contribution in [0.1, 0.15) is 21.7 Å². The highest BCUT2D eigenvalue weighted by Crippen LogP contribution is 2.12. The summed E-state index contributed by atoms with van der Waals surface area (Å²) in [6.45, 7) is 2.36. The average molecular weight is 256 g/mol. The monoisotopic (exact) mass is 256 g/mol. The molecule has 5 nitrogen and oxygen atoms in total. The van der Waals surface area contributed by atoms with Gasteiger partial charge in [0, 0.05) is 30.8 Å². The maximum Gasteiger partial charge on any atom is 0.257 e. The molecule has 0 aliphatic carbocycles. The van der Waals surface area contributed by atoms with Crippen molar-refractivity contribution in [3.8, 4) is 0 Å². The number of anilines is 1. The van der Waals surface area contributed by atoms with Crippen LogP contribution in [0, 0.1) is 6.92 Å². The zero-order valence-electron chi connectivity index (χ0n) is 11.0. The van der Waals surface area contributed by atoms with Gasteiger partial charge in [-0.25, -0.2) is 0 Å². The van der Waals surface area contributed by atoms with Crippen LogP contribution in [0.4, 0.5) is 5.69 Å². The fourth-order valence-corrected chi connectivity index (χ4v) is 1.79. The standard InChI is InChI=1S/C14H16N4O/c1-10-4-3-5-11(17-10)9-18(2)14(19)12-8-16-7-6-13(12)15/h3-8H,9H2,1-2H3,(H2,15,16). The van der Waals surface area contributed by atoms with Gasteiger partial charge in [-0.1, -0.05) is 6.07 Å². The van der Waals surface area contributed by atoms with E-state index in [1.54, 1.807) is 24.2 Å². The molecule has 2 N–H and O–H groups in total. The molecule has 1 amide bonds. The van der Waals surface area contributed by atoms with Crippen LogP contribution in [0.2, 0.25) is 0 Å². The second-order valence-electron chi connectivity index (χ2n) is 4.39. The predicted molar refractivity (Wildman–Crippen MR) is 73.4 cm³/mol. The summed E-state index contributed by atoms with van der Waals surface area (Å²) in [5.74, 6) is -0.158. The normalized spacial score (nSPS) is 10.2. The molecule has 0 bridgehead atoms. The predicted octanol–water partition coefficient (Wildman–Crippen LogP) is 1.64. The Kier molecular flexibility index (Phi) is 3.75. The molecular formula is C14H16N4O. The van der Waals surface area contributed by atoms with Crippen LogP contribution in [0.15, 0.2) is 36.7 Å². The topological polar surface area (TPSA) is 72.1 Å². The van der Waals surface area contributed by atoms with Gasteiger partial charge in [0.25, 0.3) is 5.91 Å². The highest BCUT2D eigenvalue weighted by atomic mass is 16.2. The summed E-state index contributed by atoms with van der Waals surface area (Å²) in [5.41, 5.74) is 8.40. The van der Waals surface area contributed by atoms with Gasteiger partial charge in [-0.15, -0.1) is 0 Å². The second kappa shape index (κ2) is 5.48. The Hall–Kier alpha value is -2.43. The highest BCUT2D eigenvalue weighted by molar-refractivity contribution is 5.98. The van der Waals surface area contributed by atoms with E-state index >= 15 is 0 Å². The zero-order chi connectivity index (χ0) is 13.8. The largest absolute Gasteiger partial charge is 0.398 e. The maximum atomic E-state index is 12.2. The molecule has 2 rings (SSSR count). The van der Waals surface area contributed by atoms with Crippen LogP contribution in [0.25, 0.3) is 0 Å². The van der Waals surface area contributed by atoms with Crippen molar-refractivity contribution in [2.45, 2.75) is 13.5 Å². The van der Waals surface area contributed by atoms with Crippen LogP contribution in [-0.2, 0) is 6.54 Å². The lowest BCUT2D eigenvalue weighted by Gasteiger charge is -2.17. The minimum atomic E-state index is -0.158. The molecule has 0 radical (unpaired) electrons. The SMILES string of the molecule is Cc1cccc(CN(C)C(=O)c2cnccc2N)n1. The van der Waals surface area contributed by atoms with E-state index in [0.717, 1.165) is 11.4 Å². The van der Waals surface area contributed by atoms with Crippen molar-refractivity contribution in [2.24, 2.45) is 0 Å². The number of nitrogens with two attached hydrogens (primary N) is 1. The molecule has 0 saturated heterocycles. The third-order valence-electron chi connectivity index (χ3n) is 2.78. The zero-order valence-corrected chi connectivity index (χ0v) is 11.0. The summed E-state index contributed by atoms with van der Waals surface area (Å²) in [5, 5.41) is 0. The maximum absolute atomic E-state index is 12.2. The van der Waals surface area contributed by atoms with Gasteiger partial charge in [0.1, 0.15) is 0 Å². The molecule has 0 unspecified atom stereocenters. The molecule has 19 heavy (non-hydrogen) atoms. The van der Waals surface area contributed by atoms with Crippen molar-refractivity contribution < 1.29 is 4.79 Å². The molecule has 5 heteroatoms. The summed E-state index contributed by atoms with van der Waals surface area (Å²) in [6, 6.07) is 7.36. The molecule has 2 aromatic rings. The lowest BCUT2D eigenvalue weighted by atomic mass is 10.2. The van der Waals surface area contributed by atoms with Crippen molar-refractivity contribution in [3.63, 3.8) is 0 Å². The number of hydrogen-bond acceptors (Lipinski definition) is 4. The number of aryl methyl sites for hydroxylation is 1. The molecule has 0 aromatic carbocycles. The number of rotatable bonds is 3.